The third-order valence-electron chi connectivity index (χ3n) is 5.60. The van der Waals surface area contributed by atoms with Crippen molar-refractivity contribution in [3.05, 3.63) is 0 Å². The van der Waals surface area contributed by atoms with Crippen molar-refractivity contribution in [3.63, 3.8) is 0 Å². The maximum atomic E-state index is 9.33. The molecule has 3 rings (SSSR count). The second-order valence-corrected chi connectivity index (χ2v) is 5.56. The van der Waals surface area contributed by atoms with Crippen molar-refractivity contribution in [1.82, 2.24) is 5.32 Å². The van der Waals surface area contributed by atoms with Crippen molar-refractivity contribution >= 4 is 0 Å². The van der Waals surface area contributed by atoms with Gasteiger partial charge >= 0.3 is 0 Å². The minimum atomic E-state index is -0.176. The predicted octanol–water partition coefficient (Wildman–Crippen LogP) is 1.68. The van der Waals surface area contributed by atoms with Gasteiger partial charge in [0.1, 0.15) is 5.54 Å². The first-order valence-electron chi connectivity index (χ1n) is 5.24. The second-order valence-electron chi connectivity index (χ2n) is 5.56. The maximum absolute atomic E-state index is 9.33. The lowest BCUT2D eigenvalue weighted by atomic mass is 9.66. The molecule has 1 N–H and O–H groups in total. The maximum Gasteiger partial charge on any atom is 0.113 e. The fourth-order valence-electron chi connectivity index (χ4n) is 4.29. The molecule has 4 bridgehead atoms. The lowest BCUT2D eigenvalue weighted by Gasteiger charge is -2.37. The standard InChI is InChI=1S/C11H16N2/c1-9-7-13-11(6-12)5-8(9)3-4-10(9,11)2/h8,13H,3-5,7H2,1-2H3/t8-,9-,10+,11-/m1/s1. The molecule has 0 spiro atoms. The Kier molecular flexibility index (Phi) is 1.07. The zero-order chi connectivity index (χ0) is 9.32. The summed E-state index contributed by atoms with van der Waals surface area (Å²) in [5, 5.41) is 12.8. The topological polar surface area (TPSA) is 35.8 Å². The number of rotatable bonds is 0. The van der Waals surface area contributed by atoms with Crippen LogP contribution in [0, 0.1) is 28.1 Å². The molecule has 1 saturated heterocycles. The lowest BCUT2D eigenvalue weighted by molar-refractivity contribution is 0.160. The third-order valence-corrected chi connectivity index (χ3v) is 5.60. The smallest absolute Gasteiger partial charge is 0.113 e. The van der Waals surface area contributed by atoms with E-state index in [1.165, 1.54) is 12.8 Å². The van der Waals surface area contributed by atoms with Gasteiger partial charge in [0.2, 0.25) is 0 Å². The van der Waals surface area contributed by atoms with E-state index in [4.69, 9.17) is 0 Å². The fraction of sp³-hybridized carbons (Fsp3) is 0.909. The van der Waals surface area contributed by atoms with Gasteiger partial charge in [-0.2, -0.15) is 5.26 Å². The van der Waals surface area contributed by atoms with Crippen LogP contribution < -0.4 is 5.32 Å². The summed E-state index contributed by atoms with van der Waals surface area (Å²) in [6.07, 6.45) is 3.68. The highest BCUT2D eigenvalue weighted by Crippen LogP contribution is 2.72. The highest BCUT2D eigenvalue weighted by molar-refractivity contribution is 5.34. The van der Waals surface area contributed by atoms with Gasteiger partial charge in [-0.1, -0.05) is 13.8 Å². The van der Waals surface area contributed by atoms with Gasteiger partial charge < -0.3 is 0 Å². The summed E-state index contributed by atoms with van der Waals surface area (Å²) in [7, 11) is 0. The Morgan fingerprint density at radius 3 is 2.69 bits per heavy atom. The van der Waals surface area contributed by atoms with E-state index >= 15 is 0 Å². The average molecular weight is 176 g/mol. The molecule has 3 aliphatic rings. The van der Waals surface area contributed by atoms with Gasteiger partial charge in [0.25, 0.3) is 0 Å². The molecule has 1 heterocycles. The van der Waals surface area contributed by atoms with Crippen molar-refractivity contribution in [3.8, 4) is 6.07 Å². The summed E-state index contributed by atoms with van der Waals surface area (Å²) in [6.45, 7) is 5.76. The fourth-order valence-corrected chi connectivity index (χ4v) is 4.29. The van der Waals surface area contributed by atoms with Crippen LogP contribution in [0.25, 0.3) is 0 Å². The highest BCUT2D eigenvalue weighted by atomic mass is 15.1. The summed E-state index contributed by atoms with van der Waals surface area (Å²) in [5.74, 6) is 0.804. The van der Waals surface area contributed by atoms with Gasteiger partial charge in [0, 0.05) is 12.0 Å². The first-order valence-corrected chi connectivity index (χ1v) is 5.24. The van der Waals surface area contributed by atoms with Gasteiger partial charge in [0.15, 0.2) is 0 Å². The number of hydrogen-bond donors (Lipinski definition) is 1. The number of nitrogens with one attached hydrogen (secondary N) is 1. The van der Waals surface area contributed by atoms with Crippen molar-refractivity contribution in [2.75, 3.05) is 6.54 Å². The van der Waals surface area contributed by atoms with E-state index in [2.05, 4.69) is 25.2 Å². The molecular weight excluding hydrogens is 160 g/mol. The van der Waals surface area contributed by atoms with E-state index in [1.807, 2.05) is 0 Å². The summed E-state index contributed by atoms with van der Waals surface area (Å²) in [4.78, 5) is 0. The van der Waals surface area contributed by atoms with Crippen LogP contribution in [0.5, 0.6) is 0 Å². The van der Waals surface area contributed by atoms with Crippen molar-refractivity contribution in [2.45, 2.75) is 38.6 Å². The molecule has 0 unspecified atom stereocenters. The van der Waals surface area contributed by atoms with Crippen LogP contribution in [-0.4, -0.2) is 12.1 Å². The Morgan fingerprint density at radius 2 is 2.23 bits per heavy atom. The first kappa shape index (κ1) is 7.82. The molecule has 2 aliphatic carbocycles. The van der Waals surface area contributed by atoms with E-state index in [-0.39, 0.29) is 11.0 Å². The Morgan fingerprint density at radius 1 is 1.46 bits per heavy atom. The molecule has 3 fully saturated rings. The van der Waals surface area contributed by atoms with Crippen LogP contribution in [0.2, 0.25) is 0 Å². The highest BCUT2D eigenvalue weighted by Gasteiger charge is 2.75. The summed E-state index contributed by atoms with van der Waals surface area (Å²) < 4.78 is 0. The van der Waals surface area contributed by atoms with Crippen molar-refractivity contribution < 1.29 is 0 Å². The minimum absolute atomic E-state index is 0.176. The molecule has 0 radical (unpaired) electrons. The molecule has 4 atom stereocenters. The van der Waals surface area contributed by atoms with Gasteiger partial charge in [0.05, 0.1) is 6.07 Å². The molecular formula is C11H16N2. The molecule has 0 amide bonds. The van der Waals surface area contributed by atoms with Gasteiger partial charge in [-0.3, -0.25) is 5.32 Å². The lowest BCUT2D eigenvalue weighted by Crippen LogP contribution is -2.49. The molecule has 0 aromatic rings. The molecule has 2 saturated carbocycles. The summed E-state index contributed by atoms with van der Waals surface area (Å²) >= 11 is 0. The molecule has 2 heteroatoms. The Balaban J connectivity index is 2.21. The van der Waals surface area contributed by atoms with Crippen molar-refractivity contribution in [2.24, 2.45) is 16.7 Å². The quantitative estimate of drug-likeness (QED) is 0.609. The van der Waals surface area contributed by atoms with Crippen molar-refractivity contribution in [1.29, 1.82) is 5.26 Å². The van der Waals surface area contributed by atoms with E-state index in [0.717, 1.165) is 18.9 Å². The van der Waals surface area contributed by atoms with Gasteiger partial charge in [-0.05, 0) is 30.6 Å². The second kappa shape index (κ2) is 1.79. The molecule has 0 aromatic heterocycles. The molecule has 70 valence electrons. The largest absolute Gasteiger partial charge is 0.298 e. The zero-order valence-corrected chi connectivity index (χ0v) is 8.35. The summed E-state index contributed by atoms with van der Waals surface area (Å²) in [6, 6.07) is 2.55. The minimum Gasteiger partial charge on any atom is -0.298 e. The van der Waals surface area contributed by atoms with Gasteiger partial charge in [-0.25, -0.2) is 0 Å². The van der Waals surface area contributed by atoms with E-state index in [1.54, 1.807) is 0 Å². The Bertz CT molecular complexity index is 319. The van der Waals surface area contributed by atoms with Crippen LogP contribution in [0.15, 0.2) is 0 Å². The van der Waals surface area contributed by atoms with Gasteiger partial charge in [-0.15, -0.1) is 0 Å². The first-order chi connectivity index (χ1) is 6.08. The molecule has 13 heavy (non-hydrogen) atoms. The van der Waals surface area contributed by atoms with Crippen LogP contribution >= 0.6 is 0 Å². The normalized spacial score (nSPS) is 62.7. The Hall–Kier alpha value is -0.550. The SMILES string of the molecule is C[C@@]12CC[C@@H]3C[C@]1(C#N)NC[C@]32C. The van der Waals surface area contributed by atoms with Crippen LogP contribution in [0.4, 0.5) is 0 Å². The average Bonchev–Trinajstić information content (AvgIpc) is 2.58. The van der Waals surface area contributed by atoms with Crippen LogP contribution in [-0.2, 0) is 0 Å². The van der Waals surface area contributed by atoms with E-state index in [0.29, 0.717) is 5.41 Å². The van der Waals surface area contributed by atoms with E-state index in [9.17, 15) is 5.26 Å². The molecule has 0 aromatic carbocycles. The number of hydrogen-bond acceptors (Lipinski definition) is 2. The Labute approximate surface area is 79.3 Å². The number of nitrogens with zero attached hydrogens (tertiary/aromatic N) is 1. The molecule has 1 aliphatic heterocycles. The molecule has 2 nitrogen and oxygen atoms in total. The van der Waals surface area contributed by atoms with Crippen LogP contribution in [0.1, 0.15) is 33.1 Å². The monoisotopic (exact) mass is 176 g/mol. The summed E-state index contributed by atoms with van der Waals surface area (Å²) in [5.41, 5.74) is 0.479. The zero-order valence-electron chi connectivity index (χ0n) is 8.35. The predicted molar refractivity (Wildman–Crippen MR) is 49.9 cm³/mol. The van der Waals surface area contributed by atoms with Crippen LogP contribution in [0.3, 0.4) is 0 Å². The van der Waals surface area contributed by atoms with E-state index < -0.39 is 0 Å². The number of piperidine rings is 1. The number of nitriles is 1. The third kappa shape index (κ3) is 0.518.